The van der Waals surface area contributed by atoms with Gasteiger partial charge in [-0.3, -0.25) is 4.79 Å². The van der Waals surface area contributed by atoms with E-state index in [0.717, 1.165) is 5.56 Å². The minimum Gasteiger partial charge on any atom is -0.480 e. The van der Waals surface area contributed by atoms with Crippen molar-refractivity contribution >= 4 is 15.8 Å². The SMILES string of the molecule is O=C(O)C(Cc1ccccc1)S(=O)(=O)C1CCOCC1. The second-order valence-corrected chi connectivity index (χ2v) is 7.33. The number of ether oxygens (including phenoxy) is 1. The molecule has 1 aliphatic heterocycles. The topological polar surface area (TPSA) is 80.7 Å². The van der Waals surface area contributed by atoms with E-state index in [9.17, 15) is 18.3 Å². The average Bonchev–Trinajstić information content (AvgIpc) is 2.46. The number of rotatable bonds is 5. The van der Waals surface area contributed by atoms with Crippen LogP contribution in [0.3, 0.4) is 0 Å². The normalized spacial score (nSPS) is 18.6. The van der Waals surface area contributed by atoms with Crippen molar-refractivity contribution in [3.8, 4) is 0 Å². The summed E-state index contributed by atoms with van der Waals surface area (Å²) in [6, 6.07) is 8.85. The molecule has 20 heavy (non-hydrogen) atoms. The molecule has 0 spiro atoms. The second-order valence-electron chi connectivity index (χ2n) is 4.92. The van der Waals surface area contributed by atoms with Crippen LogP contribution in [0.4, 0.5) is 0 Å². The zero-order valence-corrected chi connectivity index (χ0v) is 11.9. The van der Waals surface area contributed by atoms with Gasteiger partial charge in [0.2, 0.25) is 0 Å². The molecule has 0 saturated carbocycles. The van der Waals surface area contributed by atoms with E-state index < -0.39 is 26.3 Å². The van der Waals surface area contributed by atoms with Gasteiger partial charge in [-0.1, -0.05) is 30.3 Å². The van der Waals surface area contributed by atoms with Crippen LogP contribution in [0.25, 0.3) is 0 Å². The average molecular weight is 298 g/mol. The quantitative estimate of drug-likeness (QED) is 0.885. The smallest absolute Gasteiger partial charge is 0.322 e. The van der Waals surface area contributed by atoms with Gasteiger partial charge in [0.05, 0.1) is 5.25 Å². The van der Waals surface area contributed by atoms with Gasteiger partial charge < -0.3 is 9.84 Å². The van der Waals surface area contributed by atoms with E-state index in [0.29, 0.717) is 26.1 Å². The van der Waals surface area contributed by atoms with Crippen LogP contribution in [0.15, 0.2) is 30.3 Å². The summed E-state index contributed by atoms with van der Waals surface area (Å²) >= 11 is 0. The molecule has 110 valence electrons. The Morgan fingerprint density at radius 3 is 2.40 bits per heavy atom. The maximum absolute atomic E-state index is 12.5. The number of carboxylic acid groups (broad SMARTS) is 1. The molecule has 0 aromatic heterocycles. The Balaban J connectivity index is 2.21. The van der Waals surface area contributed by atoms with Crippen LogP contribution in [0.5, 0.6) is 0 Å². The Bertz CT molecular complexity index is 546. The highest BCUT2D eigenvalue weighted by Gasteiger charge is 2.39. The minimum atomic E-state index is -3.70. The molecule has 0 aliphatic carbocycles. The Kier molecular flexibility index (Phi) is 4.77. The van der Waals surface area contributed by atoms with Gasteiger partial charge in [-0.05, 0) is 24.8 Å². The van der Waals surface area contributed by atoms with Crippen LogP contribution >= 0.6 is 0 Å². The van der Waals surface area contributed by atoms with Gasteiger partial charge in [-0.25, -0.2) is 8.42 Å². The number of carbonyl (C=O) groups is 1. The lowest BCUT2D eigenvalue weighted by Crippen LogP contribution is -2.41. The molecule has 1 fully saturated rings. The van der Waals surface area contributed by atoms with Crippen LogP contribution in [0, 0.1) is 0 Å². The fourth-order valence-electron chi connectivity index (χ4n) is 2.41. The monoisotopic (exact) mass is 298 g/mol. The lowest BCUT2D eigenvalue weighted by Gasteiger charge is -2.25. The Hall–Kier alpha value is -1.40. The Morgan fingerprint density at radius 1 is 1.25 bits per heavy atom. The summed E-state index contributed by atoms with van der Waals surface area (Å²) < 4.78 is 30.1. The van der Waals surface area contributed by atoms with Gasteiger partial charge in [0.15, 0.2) is 15.1 Å². The summed E-state index contributed by atoms with van der Waals surface area (Å²) in [5.74, 6) is -1.28. The molecule has 1 heterocycles. The third kappa shape index (κ3) is 3.37. The van der Waals surface area contributed by atoms with Crippen LogP contribution in [-0.2, 0) is 25.8 Å². The molecule has 1 atom stereocenters. The van der Waals surface area contributed by atoms with Crippen molar-refractivity contribution in [2.45, 2.75) is 29.8 Å². The van der Waals surface area contributed by atoms with Crippen molar-refractivity contribution in [1.82, 2.24) is 0 Å². The number of benzene rings is 1. The first kappa shape index (κ1) is 15.0. The number of carboxylic acids is 1. The summed E-state index contributed by atoms with van der Waals surface area (Å²) in [6.45, 7) is 0.753. The molecule has 1 aromatic carbocycles. The van der Waals surface area contributed by atoms with Crippen molar-refractivity contribution in [2.75, 3.05) is 13.2 Å². The molecular weight excluding hydrogens is 280 g/mol. The van der Waals surface area contributed by atoms with E-state index in [1.165, 1.54) is 0 Å². The lowest BCUT2D eigenvalue weighted by molar-refractivity contribution is -0.136. The molecular formula is C14H18O5S. The van der Waals surface area contributed by atoms with Crippen LogP contribution in [0.2, 0.25) is 0 Å². The maximum Gasteiger partial charge on any atom is 0.322 e. The fourth-order valence-corrected chi connectivity index (χ4v) is 4.43. The fraction of sp³-hybridized carbons (Fsp3) is 0.500. The lowest BCUT2D eigenvalue weighted by atomic mass is 10.1. The molecule has 1 aliphatic rings. The maximum atomic E-state index is 12.5. The van der Waals surface area contributed by atoms with Gasteiger partial charge >= 0.3 is 5.97 Å². The van der Waals surface area contributed by atoms with E-state index in [1.54, 1.807) is 24.3 Å². The zero-order valence-electron chi connectivity index (χ0n) is 11.1. The summed E-state index contributed by atoms with van der Waals surface area (Å²) in [4.78, 5) is 11.4. The van der Waals surface area contributed by atoms with E-state index in [2.05, 4.69) is 0 Å². The molecule has 0 amide bonds. The highest BCUT2D eigenvalue weighted by molar-refractivity contribution is 7.93. The summed E-state index contributed by atoms with van der Waals surface area (Å²) in [6.07, 6.45) is 0.762. The highest BCUT2D eigenvalue weighted by Crippen LogP contribution is 2.22. The zero-order chi connectivity index (χ0) is 14.6. The summed E-state index contributed by atoms with van der Waals surface area (Å²) in [5.41, 5.74) is 0.718. The van der Waals surface area contributed by atoms with Gasteiger partial charge in [-0.15, -0.1) is 0 Å². The van der Waals surface area contributed by atoms with Crippen LogP contribution in [-0.4, -0.2) is 43.2 Å². The standard InChI is InChI=1S/C14H18O5S/c15-14(16)13(10-11-4-2-1-3-5-11)20(17,18)12-6-8-19-9-7-12/h1-5,12-13H,6-10H2,(H,15,16). The van der Waals surface area contributed by atoms with Crippen molar-refractivity contribution in [3.05, 3.63) is 35.9 Å². The van der Waals surface area contributed by atoms with E-state index in [-0.39, 0.29) is 6.42 Å². The molecule has 5 nitrogen and oxygen atoms in total. The first-order chi connectivity index (χ1) is 9.51. The predicted octanol–water partition coefficient (Wildman–Crippen LogP) is 1.28. The van der Waals surface area contributed by atoms with E-state index in [4.69, 9.17) is 4.74 Å². The summed E-state index contributed by atoms with van der Waals surface area (Å²) in [5, 5.41) is 7.30. The number of hydrogen-bond donors (Lipinski definition) is 1. The number of hydrogen-bond acceptors (Lipinski definition) is 4. The van der Waals surface area contributed by atoms with Crippen molar-refractivity contribution in [3.63, 3.8) is 0 Å². The number of sulfone groups is 1. The molecule has 0 bridgehead atoms. The molecule has 1 unspecified atom stereocenters. The number of aliphatic carboxylic acids is 1. The first-order valence-corrected chi connectivity index (χ1v) is 8.20. The first-order valence-electron chi connectivity index (χ1n) is 6.59. The van der Waals surface area contributed by atoms with Gasteiger partial charge in [0, 0.05) is 13.2 Å². The predicted molar refractivity (Wildman–Crippen MR) is 74.3 cm³/mol. The molecule has 2 rings (SSSR count). The van der Waals surface area contributed by atoms with E-state index >= 15 is 0 Å². The molecule has 0 radical (unpaired) electrons. The third-order valence-corrected chi connectivity index (χ3v) is 6.13. The van der Waals surface area contributed by atoms with Crippen LogP contribution in [0.1, 0.15) is 18.4 Å². The van der Waals surface area contributed by atoms with Crippen molar-refractivity contribution in [1.29, 1.82) is 0 Å². The van der Waals surface area contributed by atoms with Crippen molar-refractivity contribution in [2.24, 2.45) is 0 Å². The van der Waals surface area contributed by atoms with E-state index in [1.807, 2.05) is 6.07 Å². The Labute approximate surface area is 118 Å². The Morgan fingerprint density at radius 2 is 1.85 bits per heavy atom. The third-order valence-electron chi connectivity index (χ3n) is 3.57. The van der Waals surface area contributed by atoms with Crippen molar-refractivity contribution < 1.29 is 23.1 Å². The molecule has 6 heteroatoms. The van der Waals surface area contributed by atoms with Gasteiger partial charge in [-0.2, -0.15) is 0 Å². The largest absolute Gasteiger partial charge is 0.480 e. The molecule has 1 saturated heterocycles. The second kappa shape index (κ2) is 6.37. The minimum absolute atomic E-state index is 0.00979. The van der Waals surface area contributed by atoms with Crippen LogP contribution < -0.4 is 0 Å². The van der Waals surface area contributed by atoms with Gasteiger partial charge in [0.25, 0.3) is 0 Å². The summed E-state index contributed by atoms with van der Waals surface area (Å²) in [7, 11) is -3.70. The molecule has 1 aromatic rings. The van der Waals surface area contributed by atoms with Gasteiger partial charge in [0.1, 0.15) is 0 Å². The molecule has 1 N–H and O–H groups in total. The highest BCUT2D eigenvalue weighted by atomic mass is 32.2.